The van der Waals surface area contributed by atoms with Crippen LogP contribution in [0.3, 0.4) is 0 Å². The average molecular weight is 166 g/mol. The Morgan fingerprint density at radius 3 is 1.58 bits per heavy atom. The molecule has 0 unspecified atom stereocenters. The van der Waals surface area contributed by atoms with Crippen molar-refractivity contribution in [3.8, 4) is 0 Å². The Morgan fingerprint density at radius 2 is 1.25 bits per heavy atom. The Morgan fingerprint density at radius 1 is 0.917 bits per heavy atom. The van der Waals surface area contributed by atoms with E-state index in [0.29, 0.717) is 24.5 Å². The molecule has 0 aromatic rings. The van der Waals surface area contributed by atoms with E-state index in [1.807, 2.05) is 0 Å². The zero-order chi connectivity index (χ0) is 8.88. The van der Waals surface area contributed by atoms with Crippen molar-refractivity contribution in [2.45, 2.75) is 0 Å². The van der Waals surface area contributed by atoms with Crippen molar-refractivity contribution in [2.75, 3.05) is 27.2 Å². The lowest BCUT2D eigenvalue weighted by atomic mass is 10.3. The summed E-state index contributed by atoms with van der Waals surface area (Å²) in [5.41, 5.74) is 1.20. The predicted octanol–water partition coefficient (Wildman–Crippen LogP) is -0.773. The van der Waals surface area contributed by atoms with Gasteiger partial charge in [-0.2, -0.15) is 0 Å². The topological polar surface area (TPSA) is 40.6 Å². The fourth-order valence-electron chi connectivity index (χ4n) is 1.79. The van der Waals surface area contributed by atoms with Crippen LogP contribution in [0.5, 0.6) is 0 Å². The third kappa shape index (κ3) is 0.719. The number of hydrogen-bond acceptors (Lipinski definition) is 4. The number of hydrogen-bond donors (Lipinski definition) is 0. The third-order valence-electron chi connectivity index (χ3n) is 2.28. The second-order valence-corrected chi connectivity index (χ2v) is 3.26. The van der Waals surface area contributed by atoms with Gasteiger partial charge < -0.3 is 9.80 Å². The van der Waals surface area contributed by atoms with Crippen molar-refractivity contribution < 1.29 is 9.59 Å². The van der Waals surface area contributed by atoms with Gasteiger partial charge in [-0.05, 0) is 0 Å². The number of ketones is 2. The SMILES string of the molecule is CN1CC(=O)C2=C1C(=O)CN2C. The molecule has 2 aliphatic rings. The van der Waals surface area contributed by atoms with E-state index in [0.717, 1.165) is 0 Å². The van der Waals surface area contributed by atoms with Gasteiger partial charge in [0.1, 0.15) is 11.4 Å². The molecule has 2 rings (SSSR count). The first kappa shape index (κ1) is 7.34. The van der Waals surface area contributed by atoms with Gasteiger partial charge in [-0.25, -0.2) is 0 Å². The van der Waals surface area contributed by atoms with Crippen LogP contribution in [0.4, 0.5) is 0 Å². The molecule has 0 aromatic heterocycles. The molecule has 0 aromatic carbocycles. The fourth-order valence-corrected chi connectivity index (χ4v) is 1.79. The van der Waals surface area contributed by atoms with Gasteiger partial charge in [0.25, 0.3) is 0 Å². The van der Waals surface area contributed by atoms with Crippen LogP contribution < -0.4 is 0 Å². The molecular weight excluding hydrogens is 156 g/mol. The van der Waals surface area contributed by atoms with Gasteiger partial charge in [0.05, 0.1) is 13.1 Å². The summed E-state index contributed by atoms with van der Waals surface area (Å²) >= 11 is 0. The van der Waals surface area contributed by atoms with E-state index in [4.69, 9.17) is 0 Å². The van der Waals surface area contributed by atoms with E-state index in [-0.39, 0.29) is 11.6 Å². The molecule has 2 heterocycles. The molecular formula is C8H10N2O2. The van der Waals surface area contributed by atoms with Gasteiger partial charge in [0, 0.05) is 14.1 Å². The zero-order valence-electron chi connectivity index (χ0n) is 7.13. The minimum Gasteiger partial charge on any atom is -0.362 e. The van der Waals surface area contributed by atoms with Crippen LogP contribution in [0.2, 0.25) is 0 Å². The highest BCUT2D eigenvalue weighted by Crippen LogP contribution is 2.26. The molecule has 64 valence electrons. The van der Waals surface area contributed by atoms with E-state index in [2.05, 4.69) is 0 Å². The summed E-state index contributed by atoms with van der Waals surface area (Å²) in [4.78, 5) is 26.1. The minimum absolute atomic E-state index is 0.0563. The lowest BCUT2D eigenvalue weighted by Gasteiger charge is -2.12. The molecule has 0 aliphatic carbocycles. The van der Waals surface area contributed by atoms with Crippen molar-refractivity contribution in [1.82, 2.24) is 9.80 Å². The molecule has 0 saturated carbocycles. The summed E-state index contributed by atoms with van der Waals surface area (Å²) < 4.78 is 0. The lowest BCUT2D eigenvalue weighted by Crippen LogP contribution is -2.27. The number of rotatable bonds is 0. The standard InChI is InChI=1S/C8H10N2O2/c1-9-3-5(11)8-7(9)6(12)4-10(8)2/h3-4H2,1-2H3. The van der Waals surface area contributed by atoms with Crippen LogP contribution in [0.1, 0.15) is 0 Å². The molecule has 0 spiro atoms. The first-order valence-corrected chi connectivity index (χ1v) is 3.84. The molecule has 4 nitrogen and oxygen atoms in total. The van der Waals surface area contributed by atoms with Crippen LogP contribution >= 0.6 is 0 Å². The number of Topliss-reactive ketones (excluding diaryl/α,β-unsaturated/α-hetero) is 2. The van der Waals surface area contributed by atoms with Crippen LogP contribution in [-0.2, 0) is 9.59 Å². The second kappa shape index (κ2) is 2.09. The van der Waals surface area contributed by atoms with Gasteiger partial charge in [-0.15, -0.1) is 0 Å². The van der Waals surface area contributed by atoms with E-state index in [1.165, 1.54) is 0 Å². The summed E-state index contributed by atoms with van der Waals surface area (Å²) in [5, 5.41) is 0. The highest BCUT2D eigenvalue weighted by atomic mass is 16.1. The van der Waals surface area contributed by atoms with E-state index in [9.17, 15) is 9.59 Å². The number of likely N-dealkylation sites (N-methyl/N-ethyl adjacent to an activating group) is 2. The number of carbonyl (C=O) groups is 2. The van der Waals surface area contributed by atoms with Gasteiger partial charge in [0.2, 0.25) is 0 Å². The summed E-state index contributed by atoms with van der Waals surface area (Å²) in [7, 11) is 3.55. The molecule has 0 atom stereocenters. The van der Waals surface area contributed by atoms with E-state index >= 15 is 0 Å². The van der Waals surface area contributed by atoms with Crippen LogP contribution in [-0.4, -0.2) is 48.6 Å². The van der Waals surface area contributed by atoms with E-state index < -0.39 is 0 Å². The summed E-state index contributed by atoms with van der Waals surface area (Å²) in [6.07, 6.45) is 0. The smallest absolute Gasteiger partial charge is 0.200 e. The first-order valence-electron chi connectivity index (χ1n) is 3.84. The number of nitrogens with zero attached hydrogens (tertiary/aromatic N) is 2. The maximum absolute atomic E-state index is 11.3. The molecule has 0 saturated heterocycles. The van der Waals surface area contributed by atoms with Crippen molar-refractivity contribution in [3.63, 3.8) is 0 Å². The molecule has 12 heavy (non-hydrogen) atoms. The molecule has 0 amide bonds. The average Bonchev–Trinajstić information content (AvgIpc) is 2.38. The maximum Gasteiger partial charge on any atom is 0.200 e. The van der Waals surface area contributed by atoms with Crippen molar-refractivity contribution in [2.24, 2.45) is 0 Å². The largest absolute Gasteiger partial charge is 0.362 e. The molecule has 0 bridgehead atoms. The Kier molecular flexibility index (Phi) is 1.28. The minimum atomic E-state index is 0.0563. The van der Waals surface area contributed by atoms with Crippen LogP contribution in [0.15, 0.2) is 11.4 Å². The highest BCUT2D eigenvalue weighted by molar-refractivity contribution is 6.13. The Labute approximate surface area is 70.4 Å². The van der Waals surface area contributed by atoms with Gasteiger partial charge in [0.15, 0.2) is 11.6 Å². The Balaban J connectivity index is 2.49. The lowest BCUT2D eigenvalue weighted by molar-refractivity contribution is -0.117. The zero-order valence-corrected chi connectivity index (χ0v) is 7.13. The predicted molar refractivity (Wildman–Crippen MR) is 42.3 cm³/mol. The van der Waals surface area contributed by atoms with Crippen LogP contribution in [0, 0.1) is 0 Å². The maximum atomic E-state index is 11.3. The van der Waals surface area contributed by atoms with Crippen molar-refractivity contribution in [1.29, 1.82) is 0 Å². The third-order valence-corrected chi connectivity index (χ3v) is 2.28. The fraction of sp³-hybridized carbons (Fsp3) is 0.500. The van der Waals surface area contributed by atoms with Crippen molar-refractivity contribution >= 4 is 11.6 Å². The van der Waals surface area contributed by atoms with Gasteiger partial charge >= 0.3 is 0 Å². The Hall–Kier alpha value is -1.32. The highest BCUT2D eigenvalue weighted by Gasteiger charge is 2.39. The molecule has 0 N–H and O–H groups in total. The first-order chi connectivity index (χ1) is 5.61. The molecule has 0 radical (unpaired) electrons. The molecule has 2 aliphatic heterocycles. The van der Waals surface area contributed by atoms with Crippen LogP contribution in [0.25, 0.3) is 0 Å². The Bertz CT molecular complexity index is 276. The second-order valence-electron chi connectivity index (χ2n) is 3.26. The van der Waals surface area contributed by atoms with E-state index in [1.54, 1.807) is 23.9 Å². The summed E-state index contributed by atoms with van der Waals surface area (Å²) in [6, 6.07) is 0. The van der Waals surface area contributed by atoms with Crippen molar-refractivity contribution in [3.05, 3.63) is 11.4 Å². The van der Waals surface area contributed by atoms with Gasteiger partial charge in [-0.3, -0.25) is 9.59 Å². The summed E-state index contributed by atoms with van der Waals surface area (Å²) in [5.74, 6) is 0.113. The monoisotopic (exact) mass is 166 g/mol. The summed E-state index contributed by atoms with van der Waals surface area (Å²) in [6.45, 7) is 0.696. The van der Waals surface area contributed by atoms with Gasteiger partial charge in [-0.1, -0.05) is 0 Å². The quantitative estimate of drug-likeness (QED) is 0.473. The normalized spacial score (nSPS) is 22.8. The molecule has 4 heteroatoms. The molecule has 0 fully saturated rings. The number of carbonyl (C=O) groups excluding carboxylic acids is 2.